The summed E-state index contributed by atoms with van der Waals surface area (Å²) in [6.45, 7) is 5.04. The summed E-state index contributed by atoms with van der Waals surface area (Å²) in [4.78, 5) is 0. The van der Waals surface area contributed by atoms with E-state index < -0.39 is 0 Å². The van der Waals surface area contributed by atoms with E-state index in [4.69, 9.17) is 4.74 Å². The molecule has 0 fully saturated rings. The molecule has 0 aliphatic rings. The number of hydrogen-bond donors (Lipinski definition) is 2. The lowest BCUT2D eigenvalue weighted by Gasteiger charge is -2.26. The fourth-order valence-electron chi connectivity index (χ4n) is 2.10. The Morgan fingerprint density at radius 1 is 1.22 bits per heavy atom. The SMILES string of the molecule is COCC(CO)NC(CC(C)C)c1ccccc1. The summed E-state index contributed by atoms with van der Waals surface area (Å²) in [5.74, 6) is 0.601. The van der Waals surface area contributed by atoms with E-state index in [-0.39, 0.29) is 18.7 Å². The van der Waals surface area contributed by atoms with Gasteiger partial charge in [0.15, 0.2) is 0 Å². The van der Waals surface area contributed by atoms with Gasteiger partial charge in [0.2, 0.25) is 0 Å². The number of rotatable bonds is 8. The molecule has 2 unspecified atom stereocenters. The zero-order valence-corrected chi connectivity index (χ0v) is 11.6. The maximum Gasteiger partial charge on any atom is 0.0638 e. The van der Waals surface area contributed by atoms with Crippen LogP contribution in [0.3, 0.4) is 0 Å². The van der Waals surface area contributed by atoms with Gasteiger partial charge in [-0.15, -0.1) is 0 Å². The van der Waals surface area contributed by atoms with Crippen LogP contribution in [0.5, 0.6) is 0 Å². The number of aliphatic hydroxyl groups excluding tert-OH is 1. The van der Waals surface area contributed by atoms with Crippen LogP contribution in [-0.2, 0) is 4.74 Å². The summed E-state index contributed by atoms with van der Waals surface area (Å²) in [7, 11) is 1.66. The molecule has 1 aromatic rings. The lowest BCUT2D eigenvalue weighted by molar-refractivity contribution is 0.120. The van der Waals surface area contributed by atoms with Gasteiger partial charge in [-0.05, 0) is 17.9 Å². The Hall–Kier alpha value is -0.900. The number of aliphatic hydroxyl groups is 1. The van der Waals surface area contributed by atoms with Crippen molar-refractivity contribution in [3.05, 3.63) is 35.9 Å². The van der Waals surface area contributed by atoms with Gasteiger partial charge >= 0.3 is 0 Å². The van der Waals surface area contributed by atoms with Crippen LogP contribution in [0.4, 0.5) is 0 Å². The molecule has 2 N–H and O–H groups in total. The van der Waals surface area contributed by atoms with E-state index in [1.807, 2.05) is 6.07 Å². The second-order valence-electron chi connectivity index (χ2n) is 5.09. The van der Waals surface area contributed by atoms with E-state index in [0.717, 1.165) is 6.42 Å². The van der Waals surface area contributed by atoms with Gasteiger partial charge in [-0.2, -0.15) is 0 Å². The minimum absolute atomic E-state index is 0.0149. The highest BCUT2D eigenvalue weighted by atomic mass is 16.5. The molecule has 0 radical (unpaired) electrons. The molecule has 0 aliphatic carbocycles. The quantitative estimate of drug-likeness (QED) is 0.745. The van der Waals surface area contributed by atoms with Crippen molar-refractivity contribution in [3.8, 4) is 0 Å². The van der Waals surface area contributed by atoms with E-state index in [1.54, 1.807) is 7.11 Å². The van der Waals surface area contributed by atoms with Crippen LogP contribution >= 0.6 is 0 Å². The highest BCUT2D eigenvalue weighted by Gasteiger charge is 2.17. The van der Waals surface area contributed by atoms with Gasteiger partial charge in [0.25, 0.3) is 0 Å². The van der Waals surface area contributed by atoms with Crippen LogP contribution in [0.25, 0.3) is 0 Å². The summed E-state index contributed by atoms with van der Waals surface area (Å²) in [5.41, 5.74) is 1.26. The molecule has 0 spiro atoms. The summed E-state index contributed by atoms with van der Waals surface area (Å²) in [6.07, 6.45) is 1.05. The first-order valence-electron chi connectivity index (χ1n) is 6.58. The van der Waals surface area contributed by atoms with Gasteiger partial charge < -0.3 is 15.2 Å². The highest BCUT2D eigenvalue weighted by Crippen LogP contribution is 2.21. The van der Waals surface area contributed by atoms with Crippen LogP contribution in [0, 0.1) is 5.92 Å². The van der Waals surface area contributed by atoms with Gasteiger partial charge in [-0.3, -0.25) is 0 Å². The van der Waals surface area contributed by atoms with Gasteiger partial charge in [0.05, 0.1) is 19.3 Å². The largest absolute Gasteiger partial charge is 0.395 e. The highest BCUT2D eigenvalue weighted by molar-refractivity contribution is 5.19. The number of benzene rings is 1. The Morgan fingerprint density at radius 3 is 2.39 bits per heavy atom. The zero-order valence-electron chi connectivity index (χ0n) is 11.6. The van der Waals surface area contributed by atoms with Crippen molar-refractivity contribution in [1.29, 1.82) is 0 Å². The lowest BCUT2D eigenvalue weighted by atomic mass is 9.96. The third-order valence-electron chi connectivity index (χ3n) is 2.93. The van der Waals surface area contributed by atoms with Crippen molar-refractivity contribution in [3.63, 3.8) is 0 Å². The Kier molecular flexibility index (Phi) is 6.94. The van der Waals surface area contributed by atoms with Crippen LogP contribution < -0.4 is 5.32 Å². The molecule has 18 heavy (non-hydrogen) atoms. The molecule has 0 bridgehead atoms. The van der Waals surface area contributed by atoms with E-state index in [2.05, 4.69) is 43.4 Å². The standard InChI is InChI=1S/C15H25NO2/c1-12(2)9-15(13-7-5-4-6-8-13)16-14(10-17)11-18-3/h4-8,12,14-17H,9-11H2,1-3H3. The van der Waals surface area contributed by atoms with E-state index >= 15 is 0 Å². The predicted molar refractivity (Wildman–Crippen MR) is 74.5 cm³/mol. The normalized spacial score (nSPS) is 14.7. The van der Waals surface area contributed by atoms with Crippen LogP contribution in [0.15, 0.2) is 30.3 Å². The lowest BCUT2D eigenvalue weighted by Crippen LogP contribution is -2.39. The van der Waals surface area contributed by atoms with Crippen LogP contribution in [-0.4, -0.2) is 31.5 Å². The molecule has 2 atom stereocenters. The molecule has 0 saturated carbocycles. The van der Waals surface area contributed by atoms with Gasteiger partial charge in [0.1, 0.15) is 0 Å². The van der Waals surface area contributed by atoms with Crippen LogP contribution in [0.1, 0.15) is 31.9 Å². The number of methoxy groups -OCH3 is 1. The van der Waals surface area contributed by atoms with E-state index in [1.165, 1.54) is 5.56 Å². The van der Waals surface area contributed by atoms with Crippen LogP contribution in [0.2, 0.25) is 0 Å². The maximum absolute atomic E-state index is 9.34. The second-order valence-corrected chi connectivity index (χ2v) is 5.09. The molecule has 1 aromatic carbocycles. The van der Waals surface area contributed by atoms with Crippen molar-refractivity contribution in [2.75, 3.05) is 20.3 Å². The number of hydrogen-bond acceptors (Lipinski definition) is 3. The van der Waals surface area contributed by atoms with Gasteiger partial charge in [-0.25, -0.2) is 0 Å². The molecule has 3 heteroatoms. The van der Waals surface area contributed by atoms with Crippen molar-refractivity contribution in [2.45, 2.75) is 32.4 Å². The molecule has 0 amide bonds. The maximum atomic E-state index is 9.34. The summed E-state index contributed by atoms with van der Waals surface area (Å²) < 4.78 is 5.11. The molecule has 0 aromatic heterocycles. The topological polar surface area (TPSA) is 41.5 Å². The second kappa shape index (κ2) is 8.25. The fraction of sp³-hybridized carbons (Fsp3) is 0.600. The molecule has 0 aliphatic heterocycles. The minimum Gasteiger partial charge on any atom is -0.395 e. The summed E-state index contributed by atoms with van der Waals surface area (Å²) in [5, 5.41) is 12.8. The number of ether oxygens (including phenoxy) is 1. The van der Waals surface area contributed by atoms with Gasteiger partial charge in [-0.1, -0.05) is 44.2 Å². The molecule has 102 valence electrons. The number of nitrogens with one attached hydrogen (secondary N) is 1. The molecular formula is C15H25NO2. The van der Waals surface area contributed by atoms with Crippen molar-refractivity contribution >= 4 is 0 Å². The van der Waals surface area contributed by atoms with Crippen molar-refractivity contribution < 1.29 is 9.84 Å². The van der Waals surface area contributed by atoms with E-state index in [9.17, 15) is 5.11 Å². The monoisotopic (exact) mass is 251 g/mol. The van der Waals surface area contributed by atoms with E-state index in [0.29, 0.717) is 12.5 Å². The first kappa shape index (κ1) is 15.2. The first-order chi connectivity index (χ1) is 8.67. The Balaban J connectivity index is 2.72. The van der Waals surface area contributed by atoms with Crippen molar-refractivity contribution in [2.24, 2.45) is 5.92 Å². The molecule has 0 heterocycles. The summed E-state index contributed by atoms with van der Waals surface area (Å²) >= 11 is 0. The first-order valence-corrected chi connectivity index (χ1v) is 6.58. The Morgan fingerprint density at radius 2 is 1.89 bits per heavy atom. The molecule has 1 rings (SSSR count). The average molecular weight is 251 g/mol. The van der Waals surface area contributed by atoms with Gasteiger partial charge in [0, 0.05) is 13.2 Å². The third kappa shape index (κ3) is 5.17. The average Bonchev–Trinajstić information content (AvgIpc) is 2.37. The molecular weight excluding hydrogens is 226 g/mol. The zero-order chi connectivity index (χ0) is 13.4. The Bertz CT molecular complexity index is 314. The molecule has 3 nitrogen and oxygen atoms in total. The predicted octanol–water partition coefficient (Wildman–Crippen LogP) is 2.37. The molecule has 0 saturated heterocycles. The van der Waals surface area contributed by atoms with Crippen molar-refractivity contribution in [1.82, 2.24) is 5.32 Å². The summed E-state index contributed by atoms with van der Waals surface area (Å²) in [6, 6.07) is 10.6. The Labute approximate surface area is 110 Å². The third-order valence-corrected chi connectivity index (χ3v) is 2.93. The smallest absolute Gasteiger partial charge is 0.0638 e. The fourth-order valence-corrected chi connectivity index (χ4v) is 2.10. The minimum atomic E-state index is -0.0149.